The first-order valence-corrected chi connectivity index (χ1v) is 12.2. The molecule has 8 heteroatoms. The normalized spacial score (nSPS) is 11.4. The molecule has 0 amide bonds. The number of pyridine rings is 1. The van der Waals surface area contributed by atoms with E-state index in [2.05, 4.69) is 4.98 Å². The van der Waals surface area contributed by atoms with Gasteiger partial charge in [-0.15, -0.1) is 0 Å². The average Bonchev–Trinajstić information content (AvgIpc) is 3.01. The minimum atomic E-state index is -0.766. The maximum atomic E-state index is 15.2. The summed E-state index contributed by atoms with van der Waals surface area (Å²) in [5.74, 6) is -2.11. The fourth-order valence-corrected chi connectivity index (χ4v) is 4.28. The third-order valence-corrected chi connectivity index (χ3v) is 5.83. The van der Waals surface area contributed by atoms with Crippen molar-refractivity contribution >= 4 is 44.7 Å². The second-order valence-electron chi connectivity index (χ2n) is 7.51. The van der Waals surface area contributed by atoms with Crippen LogP contribution in [0.2, 0.25) is 5.02 Å². The molecule has 0 spiro atoms. The topological polar surface area (TPSA) is 51.4 Å². The van der Waals surface area contributed by atoms with Crippen LogP contribution in [-0.4, -0.2) is 38.8 Å². The van der Waals surface area contributed by atoms with Gasteiger partial charge >= 0.3 is 0 Å². The van der Waals surface area contributed by atoms with Gasteiger partial charge in [0.25, 0.3) is 0 Å². The van der Waals surface area contributed by atoms with E-state index in [1.807, 2.05) is 12.5 Å². The number of rotatable bonds is 7. The van der Waals surface area contributed by atoms with Gasteiger partial charge in [0.05, 0.1) is 23.4 Å². The molecule has 0 saturated carbocycles. The Morgan fingerprint density at radius 1 is 1.26 bits per heavy atom. The Balaban J connectivity index is 2.26. The van der Waals surface area contributed by atoms with Crippen molar-refractivity contribution in [1.29, 1.82) is 0 Å². The van der Waals surface area contributed by atoms with E-state index in [9.17, 15) is 9.59 Å². The lowest BCUT2D eigenvalue weighted by molar-refractivity contribution is -0.111. The zero-order valence-corrected chi connectivity index (χ0v) is 19.3. The third-order valence-electron chi connectivity index (χ3n) is 4.86. The summed E-state index contributed by atoms with van der Waals surface area (Å²) in [6.07, 6.45) is 6.12. The Hall–Kier alpha value is -2.38. The fourth-order valence-electron chi connectivity index (χ4n) is 3.52. The molecule has 0 unspecified atom stereocenters. The van der Waals surface area contributed by atoms with Crippen LogP contribution in [0.25, 0.3) is 16.9 Å². The number of halogens is 3. The van der Waals surface area contributed by atoms with Crippen molar-refractivity contribution in [3.63, 3.8) is 0 Å². The maximum Gasteiger partial charge on any atom is 0.167 e. The summed E-state index contributed by atoms with van der Waals surface area (Å²) < 4.78 is 32.0. The summed E-state index contributed by atoms with van der Waals surface area (Å²) in [5, 5.41) is 2.04. The molecule has 0 saturated heterocycles. The molecule has 1 aromatic carbocycles. The van der Waals surface area contributed by atoms with Gasteiger partial charge < -0.3 is 4.40 Å². The molecule has 0 aliphatic heterocycles. The minimum Gasteiger partial charge on any atom is -0.303 e. The lowest BCUT2D eigenvalue weighted by Crippen LogP contribution is -2.10. The predicted molar refractivity (Wildman–Crippen MR) is 124 cm³/mol. The highest BCUT2D eigenvalue weighted by atomic mass is 35.5. The Morgan fingerprint density at radius 3 is 2.61 bits per heavy atom. The number of fused-ring (bicyclic) bond motifs is 1. The van der Waals surface area contributed by atoms with Gasteiger partial charge in [-0.3, -0.25) is 9.59 Å². The van der Waals surface area contributed by atoms with Crippen LogP contribution in [0.5, 0.6) is 0 Å². The first-order valence-electron chi connectivity index (χ1n) is 9.76. The number of Topliss-reactive ketones (excluding diaryl/α,β-unsaturated/α-hetero) is 2. The Kier molecular flexibility index (Phi) is 7.06. The van der Waals surface area contributed by atoms with Crippen LogP contribution in [-0.2, 0) is 11.2 Å². The summed E-state index contributed by atoms with van der Waals surface area (Å²) in [6, 6.07) is 4.16. The SMILES string of the molecule is CCCC(=O)c1cc(F)c(-c2nc3cc(Cl)ccn3c2CC(=O)C=S(C)C)c(C)c1F. The number of carbonyl (C=O) groups excluding carboxylic acids is 2. The van der Waals surface area contributed by atoms with Gasteiger partial charge in [-0.05, 0) is 43.6 Å². The van der Waals surface area contributed by atoms with Gasteiger partial charge in [-0.1, -0.05) is 18.5 Å². The Bertz CT molecular complexity index is 1230. The number of hydrogen-bond donors (Lipinski definition) is 0. The average molecular weight is 465 g/mol. The van der Waals surface area contributed by atoms with E-state index in [0.717, 1.165) is 6.07 Å². The van der Waals surface area contributed by atoms with Crippen molar-refractivity contribution < 1.29 is 18.4 Å². The van der Waals surface area contributed by atoms with Crippen molar-refractivity contribution in [3.05, 3.63) is 57.9 Å². The molecule has 164 valence electrons. The zero-order valence-electron chi connectivity index (χ0n) is 17.8. The second-order valence-corrected chi connectivity index (χ2v) is 9.95. The molecule has 2 heterocycles. The molecule has 2 aromatic heterocycles. The fraction of sp³-hybridized carbons (Fsp3) is 0.304. The highest BCUT2D eigenvalue weighted by molar-refractivity contribution is 8.14. The number of imidazole rings is 1. The standard InChI is InChI=1S/C23H23ClF2N2O2S/c1-5-6-19(30)16-11-17(25)21(13(2)22(16)26)23-18(10-15(29)12-31(3)4)28-8-7-14(24)9-20(28)27-23/h7-9,11-12H,5-6,10H2,1-4H3. The summed E-state index contributed by atoms with van der Waals surface area (Å²) in [5.41, 5.74) is 0.687. The van der Waals surface area contributed by atoms with Gasteiger partial charge in [0, 0.05) is 34.6 Å². The van der Waals surface area contributed by atoms with E-state index in [0.29, 0.717) is 22.8 Å². The van der Waals surface area contributed by atoms with Crippen molar-refractivity contribution in [3.8, 4) is 11.3 Å². The molecule has 3 aromatic rings. The van der Waals surface area contributed by atoms with Gasteiger partial charge in [0.1, 0.15) is 17.3 Å². The van der Waals surface area contributed by atoms with Crippen LogP contribution in [0.15, 0.2) is 24.4 Å². The monoisotopic (exact) mass is 464 g/mol. The first-order chi connectivity index (χ1) is 14.6. The van der Waals surface area contributed by atoms with Crippen molar-refractivity contribution in [2.75, 3.05) is 12.5 Å². The predicted octanol–water partition coefficient (Wildman–Crippen LogP) is 5.67. The number of hydrogen-bond acceptors (Lipinski definition) is 3. The molecule has 0 aliphatic carbocycles. The Morgan fingerprint density at radius 2 is 1.97 bits per heavy atom. The van der Waals surface area contributed by atoms with Gasteiger partial charge in [-0.2, -0.15) is 10.5 Å². The summed E-state index contributed by atoms with van der Waals surface area (Å²) >= 11 is 6.08. The lowest BCUT2D eigenvalue weighted by Gasteiger charge is -2.12. The molecule has 3 rings (SSSR count). The van der Waals surface area contributed by atoms with Crippen molar-refractivity contribution in [1.82, 2.24) is 9.38 Å². The number of nitrogens with zero attached hydrogens (tertiary/aromatic N) is 2. The molecular weight excluding hydrogens is 442 g/mol. The largest absolute Gasteiger partial charge is 0.303 e. The number of ketones is 2. The maximum absolute atomic E-state index is 15.2. The van der Waals surface area contributed by atoms with E-state index in [1.165, 1.54) is 6.92 Å². The lowest BCUT2D eigenvalue weighted by atomic mass is 9.95. The summed E-state index contributed by atoms with van der Waals surface area (Å²) in [4.78, 5) is 29.2. The molecule has 4 nitrogen and oxygen atoms in total. The van der Waals surface area contributed by atoms with Crippen LogP contribution in [0, 0.1) is 18.6 Å². The molecule has 0 radical (unpaired) electrons. The number of benzene rings is 1. The van der Waals surface area contributed by atoms with Crippen LogP contribution < -0.4 is 0 Å². The molecule has 31 heavy (non-hydrogen) atoms. The molecule has 0 N–H and O–H groups in total. The number of aromatic nitrogens is 2. The third kappa shape index (κ3) is 4.77. The van der Waals surface area contributed by atoms with Crippen molar-refractivity contribution in [2.45, 2.75) is 33.1 Å². The quantitative estimate of drug-likeness (QED) is 0.334. The van der Waals surface area contributed by atoms with Gasteiger partial charge in [0.2, 0.25) is 0 Å². The smallest absolute Gasteiger partial charge is 0.167 e. The highest BCUT2D eigenvalue weighted by Crippen LogP contribution is 2.34. The Labute approximate surface area is 187 Å². The van der Waals surface area contributed by atoms with E-state index in [1.54, 1.807) is 35.0 Å². The summed E-state index contributed by atoms with van der Waals surface area (Å²) in [6.45, 7) is 3.22. The minimum absolute atomic E-state index is 0.0163. The molecule has 0 fully saturated rings. The molecule has 0 atom stereocenters. The van der Waals surface area contributed by atoms with Crippen molar-refractivity contribution in [2.24, 2.45) is 0 Å². The van der Waals surface area contributed by atoms with Gasteiger partial charge in [0.15, 0.2) is 11.6 Å². The van der Waals surface area contributed by atoms with Crippen LogP contribution in [0.3, 0.4) is 0 Å². The van der Waals surface area contributed by atoms with E-state index < -0.39 is 17.4 Å². The molecule has 0 aliphatic rings. The second kappa shape index (κ2) is 9.40. The number of carbonyl (C=O) groups is 2. The summed E-state index contributed by atoms with van der Waals surface area (Å²) in [7, 11) is -0.215. The van der Waals surface area contributed by atoms with E-state index in [-0.39, 0.29) is 51.5 Å². The van der Waals surface area contributed by atoms with E-state index in [4.69, 9.17) is 11.6 Å². The van der Waals surface area contributed by atoms with E-state index >= 15 is 8.78 Å². The van der Waals surface area contributed by atoms with Crippen LogP contribution in [0.4, 0.5) is 8.78 Å². The van der Waals surface area contributed by atoms with Crippen LogP contribution >= 0.6 is 22.1 Å². The molecule has 0 bridgehead atoms. The highest BCUT2D eigenvalue weighted by Gasteiger charge is 2.25. The zero-order chi connectivity index (χ0) is 22.9. The first kappa shape index (κ1) is 23.3. The van der Waals surface area contributed by atoms with Crippen LogP contribution in [0.1, 0.15) is 41.4 Å². The van der Waals surface area contributed by atoms with Gasteiger partial charge in [-0.25, -0.2) is 13.8 Å². The molecular formula is C23H23ClF2N2O2S.